The molecule has 0 aliphatic carbocycles. The van der Waals surface area contributed by atoms with Crippen LogP contribution in [0.4, 0.5) is 0 Å². The molecule has 2 nitrogen and oxygen atoms in total. The molecule has 0 bridgehead atoms. The van der Waals surface area contributed by atoms with Crippen LogP contribution < -0.4 is 0 Å². The molecule has 2 aromatic rings. The summed E-state index contributed by atoms with van der Waals surface area (Å²) in [6, 6.07) is 5.39. The third-order valence-corrected chi connectivity index (χ3v) is 2.95. The molecule has 1 aromatic carbocycles. The molecule has 0 spiro atoms. The van der Waals surface area contributed by atoms with Crippen molar-refractivity contribution in [2.45, 2.75) is 6.42 Å². The van der Waals surface area contributed by atoms with Gasteiger partial charge in [0.1, 0.15) is 12.0 Å². The smallest absolute Gasteiger partial charge is 0.124 e. The fourth-order valence-corrected chi connectivity index (χ4v) is 2.37. The van der Waals surface area contributed by atoms with Gasteiger partial charge in [-0.25, -0.2) is 0 Å². The van der Waals surface area contributed by atoms with E-state index in [9.17, 15) is 9.90 Å². The van der Waals surface area contributed by atoms with Gasteiger partial charge in [0.05, 0.1) is 0 Å². The van der Waals surface area contributed by atoms with E-state index < -0.39 is 0 Å². The molecule has 0 aliphatic heterocycles. The van der Waals surface area contributed by atoms with Crippen molar-refractivity contribution in [1.82, 2.24) is 0 Å². The Hall–Kier alpha value is -1.35. The van der Waals surface area contributed by atoms with Crippen LogP contribution in [-0.4, -0.2) is 11.4 Å². The van der Waals surface area contributed by atoms with E-state index in [0.717, 1.165) is 21.9 Å². The number of carbonyl (C=O) groups is 1. The summed E-state index contributed by atoms with van der Waals surface area (Å²) in [5.74, 6) is 0.260. The average molecular weight is 192 g/mol. The quantitative estimate of drug-likeness (QED) is 0.741. The van der Waals surface area contributed by atoms with Crippen LogP contribution in [0.1, 0.15) is 5.56 Å². The van der Waals surface area contributed by atoms with E-state index in [1.165, 1.54) is 0 Å². The zero-order valence-electron chi connectivity index (χ0n) is 6.86. The second kappa shape index (κ2) is 3.18. The summed E-state index contributed by atoms with van der Waals surface area (Å²) in [4.78, 5) is 10.4. The molecule has 0 saturated heterocycles. The number of benzene rings is 1. The molecule has 0 unspecified atom stereocenters. The van der Waals surface area contributed by atoms with Crippen LogP contribution >= 0.6 is 11.3 Å². The molecular weight excluding hydrogens is 184 g/mol. The molecule has 66 valence electrons. The van der Waals surface area contributed by atoms with Crippen LogP contribution in [-0.2, 0) is 11.2 Å². The van der Waals surface area contributed by atoms with Gasteiger partial charge in [0.15, 0.2) is 0 Å². The first-order valence-corrected chi connectivity index (χ1v) is 4.82. The first kappa shape index (κ1) is 8.26. The van der Waals surface area contributed by atoms with Crippen molar-refractivity contribution in [2.75, 3.05) is 0 Å². The lowest BCUT2D eigenvalue weighted by atomic mass is 10.1. The van der Waals surface area contributed by atoms with Gasteiger partial charge >= 0.3 is 0 Å². The summed E-state index contributed by atoms with van der Waals surface area (Å²) in [5, 5.41) is 12.3. The Morgan fingerprint density at radius 1 is 1.46 bits per heavy atom. The maximum Gasteiger partial charge on any atom is 0.124 e. The molecule has 2 rings (SSSR count). The predicted octanol–water partition coefficient (Wildman–Crippen LogP) is 2.35. The molecule has 1 N–H and O–H groups in total. The molecule has 0 radical (unpaired) electrons. The SMILES string of the molecule is O=CCc1csc2cccc(O)c12. The number of hydrogen-bond donors (Lipinski definition) is 1. The molecule has 0 fully saturated rings. The number of carbonyl (C=O) groups excluding carboxylic acids is 1. The van der Waals surface area contributed by atoms with Crippen LogP contribution in [0, 0.1) is 0 Å². The minimum atomic E-state index is 0.260. The van der Waals surface area contributed by atoms with E-state index >= 15 is 0 Å². The fourth-order valence-electron chi connectivity index (χ4n) is 1.37. The fraction of sp³-hybridized carbons (Fsp3) is 0.100. The standard InChI is InChI=1S/C10H8O2S/c11-5-4-7-6-13-9-3-1-2-8(12)10(7)9/h1-3,5-6,12H,4H2. The maximum atomic E-state index is 10.4. The normalized spacial score (nSPS) is 10.5. The van der Waals surface area contributed by atoms with E-state index in [-0.39, 0.29) is 5.75 Å². The second-order valence-corrected chi connectivity index (χ2v) is 3.69. The number of phenols is 1. The summed E-state index contributed by atoms with van der Waals surface area (Å²) in [7, 11) is 0. The van der Waals surface area contributed by atoms with Crippen LogP contribution in [0.15, 0.2) is 23.6 Å². The van der Waals surface area contributed by atoms with Gasteiger partial charge in [-0.2, -0.15) is 0 Å². The minimum Gasteiger partial charge on any atom is -0.507 e. The van der Waals surface area contributed by atoms with Gasteiger partial charge in [-0.15, -0.1) is 11.3 Å². The number of phenolic OH excluding ortho intramolecular Hbond substituents is 1. The Balaban J connectivity index is 2.70. The minimum absolute atomic E-state index is 0.260. The summed E-state index contributed by atoms with van der Waals surface area (Å²) < 4.78 is 1.02. The lowest BCUT2D eigenvalue weighted by Crippen LogP contribution is -1.82. The average Bonchev–Trinajstić information content (AvgIpc) is 2.51. The molecule has 3 heteroatoms. The lowest BCUT2D eigenvalue weighted by Gasteiger charge is -1.96. The van der Waals surface area contributed by atoms with Gasteiger partial charge in [-0.3, -0.25) is 0 Å². The number of fused-ring (bicyclic) bond motifs is 1. The second-order valence-electron chi connectivity index (χ2n) is 2.78. The van der Waals surface area contributed by atoms with Gasteiger partial charge in [-0.05, 0) is 23.1 Å². The largest absolute Gasteiger partial charge is 0.507 e. The monoisotopic (exact) mass is 192 g/mol. The first-order chi connectivity index (χ1) is 6.33. The van der Waals surface area contributed by atoms with Crippen LogP contribution in [0.2, 0.25) is 0 Å². The van der Waals surface area contributed by atoms with Crippen molar-refractivity contribution in [2.24, 2.45) is 0 Å². The number of aldehydes is 1. The third-order valence-electron chi connectivity index (χ3n) is 1.96. The molecule has 13 heavy (non-hydrogen) atoms. The highest BCUT2D eigenvalue weighted by molar-refractivity contribution is 7.17. The van der Waals surface area contributed by atoms with Crippen molar-refractivity contribution in [3.05, 3.63) is 29.1 Å². The summed E-state index contributed by atoms with van der Waals surface area (Å²) in [6.45, 7) is 0. The van der Waals surface area contributed by atoms with E-state index in [1.54, 1.807) is 23.5 Å². The van der Waals surface area contributed by atoms with Gasteiger partial charge in [0.2, 0.25) is 0 Å². The Morgan fingerprint density at radius 3 is 3.08 bits per heavy atom. The van der Waals surface area contributed by atoms with E-state index in [4.69, 9.17) is 0 Å². The van der Waals surface area contributed by atoms with Crippen LogP contribution in [0.5, 0.6) is 5.75 Å². The number of aromatic hydroxyl groups is 1. The predicted molar refractivity (Wildman–Crippen MR) is 53.3 cm³/mol. The summed E-state index contributed by atoms with van der Waals surface area (Å²) in [6.07, 6.45) is 1.23. The number of thiophene rings is 1. The highest BCUT2D eigenvalue weighted by Gasteiger charge is 2.06. The van der Waals surface area contributed by atoms with Crippen LogP contribution in [0.3, 0.4) is 0 Å². The highest BCUT2D eigenvalue weighted by atomic mass is 32.1. The van der Waals surface area contributed by atoms with Crippen molar-refractivity contribution < 1.29 is 9.90 Å². The van der Waals surface area contributed by atoms with Crippen molar-refractivity contribution in [1.29, 1.82) is 0 Å². The Kier molecular flexibility index (Phi) is 2.02. The van der Waals surface area contributed by atoms with Crippen molar-refractivity contribution >= 4 is 27.7 Å². The van der Waals surface area contributed by atoms with Crippen molar-refractivity contribution in [3.8, 4) is 5.75 Å². The number of hydrogen-bond acceptors (Lipinski definition) is 3. The van der Waals surface area contributed by atoms with E-state index in [0.29, 0.717) is 6.42 Å². The Labute approximate surface area is 79.4 Å². The van der Waals surface area contributed by atoms with Crippen LogP contribution in [0.25, 0.3) is 10.1 Å². The lowest BCUT2D eigenvalue weighted by molar-refractivity contribution is -0.107. The molecule has 0 saturated carbocycles. The van der Waals surface area contributed by atoms with Gasteiger partial charge in [-0.1, -0.05) is 6.07 Å². The molecule has 1 heterocycles. The van der Waals surface area contributed by atoms with E-state index in [2.05, 4.69) is 0 Å². The Morgan fingerprint density at radius 2 is 2.31 bits per heavy atom. The maximum absolute atomic E-state index is 10.4. The van der Waals surface area contributed by atoms with E-state index in [1.807, 2.05) is 11.4 Å². The topological polar surface area (TPSA) is 37.3 Å². The zero-order valence-corrected chi connectivity index (χ0v) is 7.67. The van der Waals surface area contributed by atoms with Crippen molar-refractivity contribution in [3.63, 3.8) is 0 Å². The summed E-state index contributed by atoms with van der Waals surface area (Å²) in [5.41, 5.74) is 0.910. The third kappa shape index (κ3) is 1.31. The first-order valence-electron chi connectivity index (χ1n) is 3.94. The van der Waals surface area contributed by atoms with Gasteiger partial charge < -0.3 is 9.90 Å². The van der Waals surface area contributed by atoms with Gasteiger partial charge in [0.25, 0.3) is 0 Å². The molecule has 0 aliphatic rings. The Bertz CT molecular complexity index is 445. The molecule has 1 aromatic heterocycles. The molecule has 0 amide bonds. The zero-order chi connectivity index (χ0) is 9.26. The molecular formula is C10H8O2S. The number of rotatable bonds is 2. The van der Waals surface area contributed by atoms with Gasteiger partial charge in [0, 0.05) is 16.5 Å². The summed E-state index contributed by atoms with van der Waals surface area (Å²) >= 11 is 1.55. The molecule has 0 atom stereocenters. The highest BCUT2D eigenvalue weighted by Crippen LogP contribution is 2.32.